The van der Waals surface area contributed by atoms with Gasteiger partial charge >= 0.3 is 42.8 Å². The fourth-order valence-corrected chi connectivity index (χ4v) is 35.3. The minimum atomic E-state index is -2.76. The number of benzene rings is 7. The van der Waals surface area contributed by atoms with Crippen LogP contribution in [0.4, 0.5) is 0 Å². The number of hydrogen-bond acceptors (Lipinski definition) is 11. The third-order valence-electron chi connectivity index (χ3n) is 15.3. The molecule has 7 heterocycles. The van der Waals surface area contributed by atoms with Gasteiger partial charge in [0.05, 0.1) is 14.2 Å². The average molecular weight is 1150 g/mol. The van der Waals surface area contributed by atoms with Gasteiger partial charge in [-0.15, -0.1) is 0 Å². The smallest absolute Gasteiger partial charge is 0.383 e. The summed E-state index contributed by atoms with van der Waals surface area (Å²) in [5.41, 5.74) is 7.02. The fraction of sp³-hybridized carbons (Fsp3) is 0.333. The molecule has 2 spiro atoms. The second-order valence-corrected chi connectivity index (χ2v) is 41.3. The molecule has 0 aromatic heterocycles. The van der Waals surface area contributed by atoms with Gasteiger partial charge < -0.3 is 49.0 Å². The van der Waals surface area contributed by atoms with Gasteiger partial charge in [-0.2, -0.15) is 0 Å². The molecule has 0 unspecified atom stereocenters. The van der Waals surface area contributed by atoms with Crippen LogP contribution < -0.4 is 32.5 Å². The molecule has 412 valence electrons. The van der Waals surface area contributed by atoms with Crippen molar-refractivity contribution in [2.45, 2.75) is 121 Å². The van der Waals surface area contributed by atoms with Crippen LogP contribution in [0.15, 0.2) is 140 Å². The van der Waals surface area contributed by atoms with Crippen LogP contribution in [-0.4, -0.2) is 57.0 Å². The summed E-state index contributed by atoms with van der Waals surface area (Å²) in [6.45, 7) is 20.5. The maximum atomic E-state index is 7.88. The molecule has 2 aliphatic carbocycles. The zero-order valence-electron chi connectivity index (χ0n) is 47.8. The predicted molar refractivity (Wildman–Crippen MR) is 325 cm³/mol. The molecule has 11 nitrogen and oxygen atoms in total. The summed E-state index contributed by atoms with van der Waals surface area (Å²) >= 11 is 0. The Kier molecular flexibility index (Phi) is 14.5. The van der Waals surface area contributed by atoms with Gasteiger partial charge in [0.1, 0.15) is 40.2 Å². The third kappa shape index (κ3) is 11.2. The number of fused-ring (bicyclic) bond motifs is 12. The van der Waals surface area contributed by atoms with Crippen molar-refractivity contribution in [3.05, 3.63) is 167 Å². The van der Waals surface area contributed by atoms with Gasteiger partial charge in [-0.05, 0) is 197 Å². The second kappa shape index (κ2) is 20.9. The molecular weight excluding hydrogens is 1070 g/mol. The van der Waals surface area contributed by atoms with E-state index in [1.807, 2.05) is 99.0 Å². The zero-order chi connectivity index (χ0) is 55.6. The number of ether oxygens (including phenoxy) is 5. The van der Waals surface area contributed by atoms with E-state index in [-0.39, 0.29) is 5.41 Å². The molecule has 0 N–H and O–H groups in total. The van der Waals surface area contributed by atoms with E-state index >= 15 is 0 Å². The van der Waals surface area contributed by atoms with Gasteiger partial charge in [-0.1, -0.05) is 86.7 Å². The fourth-order valence-electron chi connectivity index (χ4n) is 13.0. The molecule has 16 heteroatoms. The van der Waals surface area contributed by atoms with Crippen LogP contribution >= 0.6 is 0 Å². The summed E-state index contributed by atoms with van der Waals surface area (Å²) in [6.07, 6.45) is 12.8. The summed E-state index contributed by atoms with van der Waals surface area (Å²) in [5.74, 6) is 6.21. The molecule has 16 rings (SSSR count). The van der Waals surface area contributed by atoms with Gasteiger partial charge in [0.25, 0.3) is 0 Å². The number of hydrogen-bond donors (Lipinski definition) is 0. The Labute approximate surface area is 471 Å². The average Bonchev–Trinajstić information content (AvgIpc) is 3.96. The molecule has 79 heavy (non-hydrogen) atoms. The first-order valence-corrected chi connectivity index (χ1v) is 41.9. The minimum absolute atomic E-state index is 0.178. The summed E-state index contributed by atoms with van der Waals surface area (Å²) in [4.78, 5) is 0. The summed E-state index contributed by atoms with van der Waals surface area (Å²) < 4.78 is 73.6. The van der Waals surface area contributed by atoms with Crippen molar-refractivity contribution in [3.63, 3.8) is 0 Å². The highest BCUT2D eigenvalue weighted by atomic mass is 28.5. The van der Waals surface area contributed by atoms with E-state index in [0.29, 0.717) is 46.0 Å². The topological polar surface area (TPSA) is 102 Å². The van der Waals surface area contributed by atoms with E-state index in [9.17, 15) is 0 Å². The van der Waals surface area contributed by atoms with Crippen molar-refractivity contribution in [1.29, 1.82) is 0 Å². The maximum Gasteiger partial charge on any atom is 0.383 e. The van der Waals surface area contributed by atoms with Crippen molar-refractivity contribution in [1.82, 2.24) is 0 Å². The van der Waals surface area contributed by atoms with Gasteiger partial charge in [-0.3, -0.25) is 0 Å². The minimum Gasteiger partial charge on any atom is -0.521 e. The molecule has 0 amide bonds. The van der Waals surface area contributed by atoms with Crippen molar-refractivity contribution >= 4 is 59.7 Å². The lowest BCUT2D eigenvalue weighted by Gasteiger charge is -2.41. The van der Waals surface area contributed by atoms with Gasteiger partial charge in [0.2, 0.25) is 0 Å². The second-order valence-electron chi connectivity index (χ2n) is 23.6. The van der Waals surface area contributed by atoms with Crippen molar-refractivity contribution in [2.75, 3.05) is 14.2 Å². The number of rotatable bonds is 2. The van der Waals surface area contributed by atoms with Gasteiger partial charge in [-0.25, -0.2) is 0 Å². The Hall–Kier alpha value is -5.94. The highest BCUT2D eigenvalue weighted by Gasteiger charge is 2.50. The summed E-state index contributed by atoms with van der Waals surface area (Å²) in [7, 11) is -10.4. The maximum absolute atomic E-state index is 7.88. The summed E-state index contributed by atoms with van der Waals surface area (Å²) in [5, 5.41) is 2.04. The van der Waals surface area contributed by atoms with E-state index in [2.05, 4.69) is 112 Å². The monoisotopic (exact) mass is 1150 g/mol. The standard InChI is InChI=1S/C63H74O11Si5/c1-64-57-42-54-55(43-58(57)65-2)61-53(60-59(54)52-20-16-17-21-56(52)62(60)39-18-14-13-15-19-40-62)38-41-63(68-61)44-22-26-46(27-23-44)66-48-30-34-50(35-31-48)69-75(3,4)71-77(7,8)73-79(11,12)74-78(9,10)72-76(5,6)70-51-36-32-49(33-37-51)67-47-28-24-45(63)25-29-47/h16-17,20-38,41-43H,13-15,18-19,39-40H2,1-12H3. The number of methoxy groups -OCH3 is 2. The normalized spacial score (nSPS) is 20.3. The molecule has 1 saturated carbocycles. The van der Waals surface area contributed by atoms with Crippen LogP contribution in [0.2, 0.25) is 65.5 Å². The first-order valence-electron chi connectivity index (χ1n) is 27.8. The van der Waals surface area contributed by atoms with Crippen LogP contribution in [0.1, 0.15) is 72.8 Å². The molecule has 9 aliphatic rings. The van der Waals surface area contributed by atoms with E-state index in [0.717, 1.165) is 58.9 Å². The lowest BCUT2D eigenvalue weighted by molar-refractivity contribution is 0.163. The van der Waals surface area contributed by atoms with Crippen molar-refractivity contribution in [2.24, 2.45) is 0 Å². The molecular formula is C63H74O11Si5. The predicted octanol–water partition coefficient (Wildman–Crippen LogP) is 17.1. The van der Waals surface area contributed by atoms with E-state index in [1.165, 1.54) is 41.5 Å². The molecule has 7 aromatic rings. The Balaban J connectivity index is 1.02. The van der Waals surface area contributed by atoms with Crippen LogP contribution in [-0.2, 0) is 27.5 Å². The lowest BCUT2D eigenvalue weighted by Crippen LogP contribution is -2.60. The molecule has 8 bridgehead atoms. The van der Waals surface area contributed by atoms with Crippen LogP contribution in [0, 0.1) is 0 Å². The Bertz CT molecular complexity index is 3280. The largest absolute Gasteiger partial charge is 0.521 e. The highest BCUT2D eigenvalue weighted by molar-refractivity contribution is 6.89. The van der Waals surface area contributed by atoms with E-state index in [1.54, 1.807) is 14.2 Å². The first kappa shape index (κ1) is 55.0. The first-order chi connectivity index (χ1) is 37.6. The molecule has 0 saturated heterocycles. The Morgan fingerprint density at radius 1 is 0.443 bits per heavy atom. The lowest BCUT2D eigenvalue weighted by atomic mass is 9.67. The Morgan fingerprint density at radius 3 is 1.32 bits per heavy atom. The van der Waals surface area contributed by atoms with E-state index < -0.39 is 48.4 Å². The van der Waals surface area contributed by atoms with Crippen molar-refractivity contribution in [3.8, 4) is 62.9 Å². The molecule has 0 atom stereocenters. The Morgan fingerprint density at radius 2 is 0.848 bits per heavy atom. The van der Waals surface area contributed by atoms with Crippen LogP contribution in [0.3, 0.4) is 0 Å². The van der Waals surface area contributed by atoms with Gasteiger partial charge in [0, 0.05) is 27.5 Å². The highest BCUT2D eigenvalue weighted by Crippen LogP contribution is 2.62. The van der Waals surface area contributed by atoms with Crippen LogP contribution in [0.5, 0.6) is 51.7 Å². The van der Waals surface area contributed by atoms with Crippen LogP contribution in [0.25, 0.3) is 28.0 Å². The van der Waals surface area contributed by atoms with E-state index in [4.69, 9.17) is 49.0 Å². The zero-order valence-corrected chi connectivity index (χ0v) is 52.8. The third-order valence-corrected chi connectivity index (χ3v) is 32.5. The molecule has 1 fully saturated rings. The molecule has 7 aliphatic heterocycles. The molecule has 0 radical (unpaired) electrons. The van der Waals surface area contributed by atoms with Crippen molar-refractivity contribution < 1.29 is 49.0 Å². The molecule has 7 aromatic carbocycles. The quantitative estimate of drug-likeness (QED) is 0.155. The summed E-state index contributed by atoms with van der Waals surface area (Å²) in [6, 6.07) is 45.2. The SMILES string of the molecule is COc1cc2c3c(c4c(c2cc1OC)-c1ccccc1C41CCCCCCC1)C=CC1(O3)c2ccc(cc2)Oc2ccc(cc2)O[Si](C)(C)O[Si](C)(C)O[Si](C)(C)O[Si](C)(C)O[Si](C)(C)Oc2ccc(cc2)Oc2ccc1cc2. The van der Waals surface area contributed by atoms with Gasteiger partial charge in [0.15, 0.2) is 17.1 Å².